The van der Waals surface area contributed by atoms with Gasteiger partial charge in [0.15, 0.2) is 0 Å². The predicted octanol–water partition coefficient (Wildman–Crippen LogP) is 4.98. The molecule has 0 aliphatic heterocycles. The molecular weight excluding hydrogens is 331 g/mol. The average molecular weight is 348 g/mol. The molecule has 3 rings (SSSR count). The Labute approximate surface area is 125 Å². The summed E-state index contributed by atoms with van der Waals surface area (Å²) in [6.07, 6.45) is 0.0622. The van der Waals surface area contributed by atoms with Gasteiger partial charge in [0.1, 0.15) is 0 Å². The zero-order valence-electron chi connectivity index (χ0n) is 11.1. The molecule has 0 radical (unpaired) electrons. The molecule has 0 unspecified atom stereocenters. The van der Waals surface area contributed by atoms with E-state index in [0.717, 1.165) is 32.2 Å². The predicted molar refractivity (Wildman–Crippen MR) is 77.2 cm³/mol. The maximum atomic E-state index is 13.3. The van der Waals surface area contributed by atoms with Crippen LogP contribution in [0.25, 0.3) is 0 Å². The summed E-state index contributed by atoms with van der Waals surface area (Å²) in [6.45, 7) is 0.779. The first-order valence-electron chi connectivity index (χ1n) is 7.02. The van der Waals surface area contributed by atoms with Crippen LogP contribution in [0.3, 0.4) is 0 Å². The molecule has 0 N–H and O–H groups in total. The summed E-state index contributed by atoms with van der Waals surface area (Å²) >= 11 is 3.23. The summed E-state index contributed by atoms with van der Waals surface area (Å²) in [6, 6.07) is 5.04. The zero-order chi connectivity index (χ0) is 14.3. The fourth-order valence-electron chi connectivity index (χ4n) is 2.55. The highest BCUT2D eigenvalue weighted by atomic mass is 79.9. The van der Waals surface area contributed by atoms with Crippen molar-refractivity contribution in [2.75, 3.05) is 11.4 Å². The zero-order valence-corrected chi connectivity index (χ0v) is 12.7. The maximum Gasteiger partial charge on any atom is 0.418 e. The summed E-state index contributed by atoms with van der Waals surface area (Å²) < 4.78 is 40.0. The Bertz CT molecular complexity index is 492. The average Bonchev–Trinajstić information content (AvgIpc) is 3.26. The van der Waals surface area contributed by atoms with E-state index in [1.54, 1.807) is 12.1 Å². The minimum absolute atomic E-state index is 0.312. The van der Waals surface area contributed by atoms with E-state index >= 15 is 0 Å². The maximum absolute atomic E-state index is 13.3. The Morgan fingerprint density at radius 1 is 1.15 bits per heavy atom. The van der Waals surface area contributed by atoms with E-state index in [4.69, 9.17) is 0 Å². The summed E-state index contributed by atoms with van der Waals surface area (Å²) in [4.78, 5) is 2.00. The largest absolute Gasteiger partial charge is 0.418 e. The van der Waals surface area contributed by atoms with E-state index in [2.05, 4.69) is 15.9 Å². The van der Waals surface area contributed by atoms with Gasteiger partial charge in [0, 0.05) is 23.6 Å². The van der Waals surface area contributed by atoms with Gasteiger partial charge in [0.05, 0.1) is 5.56 Å². The second-order valence-electron chi connectivity index (χ2n) is 5.81. The van der Waals surface area contributed by atoms with Crippen LogP contribution in [0.5, 0.6) is 0 Å². The van der Waals surface area contributed by atoms with E-state index in [0.29, 0.717) is 28.5 Å². The summed E-state index contributed by atoms with van der Waals surface area (Å²) in [5.74, 6) is 0.590. The molecule has 0 amide bonds. The molecule has 110 valence electrons. The lowest BCUT2D eigenvalue weighted by molar-refractivity contribution is -0.137. The summed E-state index contributed by atoms with van der Waals surface area (Å²) in [7, 11) is 0. The third kappa shape index (κ3) is 3.13. The van der Waals surface area contributed by atoms with Gasteiger partial charge in [-0.25, -0.2) is 0 Å². The molecule has 0 heterocycles. The van der Waals surface area contributed by atoms with Crippen LogP contribution in [0.15, 0.2) is 18.2 Å². The number of benzene rings is 1. The molecule has 2 fully saturated rings. The van der Waals surface area contributed by atoms with Gasteiger partial charge >= 0.3 is 6.18 Å². The minimum atomic E-state index is -4.29. The van der Waals surface area contributed by atoms with Crippen molar-refractivity contribution in [3.8, 4) is 0 Å². The van der Waals surface area contributed by atoms with Crippen LogP contribution in [0.1, 0.15) is 36.8 Å². The van der Waals surface area contributed by atoms with E-state index in [-0.39, 0.29) is 0 Å². The monoisotopic (exact) mass is 347 g/mol. The van der Waals surface area contributed by atoms with Crippen molar-refractivity contribution in [1.82, 2.24) is 0 Å². The van der Waals surface area contributed by atoms with Crippen LogP contribution in [0.2, 0.25) is 0 Å². The van der Waals surface area contributed by atoms with Crippen LogP contribution in [0, 0.1) is 5.92 Å². The van der Waals surface area contributed by atoms with Crippen LogP contribution in [-0.2, 0) is 11.5 Å². The van der Waals surface area contributed by atoms with Crippen LogP contribution in [-0.4, -0.2) is 12.6 Å². The molecule has 0 bridgehead atoms. The molecule has 0 aromatic heterocycles. The lowest BCUT2D eigenvalue weighted by Gasteiger charge is -2.28. The molecule has 0 spiro atoms. The lowest BCUT2D eigenvalue weighted by Crippen LogP contribution is -2.30. The minimum Gasteiger partial charge on any atom is -0.368 e. The highest BCUT2D eigenvalue weighted by Gasteiger charge is 2.40. The number of rotatable bonds is 5. The Morgan fingerprint density at radius 2 is 1.85 bits per heavy atom. The van der Waals surface area contributed by atoms with E-state index in [9.17, 15) is 13.2 Å². The standard InChI is InChI=1S/C15H17BrF3N/c16-8-11-3-6-14(13(7-11)15(17,18)19)20(12-4-5-12)9-10-1-2-10/h3,6-7,10,12H,1-2,4-5,8-9H2. The van der Waals surface area contributed by atoms with Gasteiger partial charge in [-0.3, -0.25) is 0 Å². The highest BCUT2D eigenvalue weighted by Crippen LogP contribution is 2.43. The van der Waals surface area contributed by atoms with Crippen LogP contribution in [0.4, 0.5) is 18.9 Å². The third-order valence-corrected chi connectivity index (χ3v) is 4.62. The molecule has 0 saturated heterocycles. The molecule has 1 aromatic carbocycles. The van der Waals surface area contributed by atoms with Crippen molar-refractivity contribution >= 4 is 21.6 Å². The Morgan fingerprint density at radius 3 is 2.35 bits per heavy atom. The number of hydrogen-bond donors (Lipinski definition) is 0. The molecule has 20 heavy (non-hydrogen) atoms. The molecule has 1 nitrogen and oxygen atoms in total. The topological polar surface area (TPSA) is 3.24 Å². The van der Waals surface area contributed by atoms with Crippen molar-refractivity contribution in [2.24, 2.45) is 5.92 Å². The van der Waals surface area contributed by atoms with Gasteiger partial charge < -0.3 is 4.90 Å². The van der Waals surface area contributed by atoms with Gasteiger partial charge in [-0.15, -0.1) is 0 Å². The molecule has 1 aromatic rings. The van der Waals surface area contributed by atoms with Gasteiger partial charge in [0.2, 0.25) is 0 Å². The normalized spacial score (nSPS) is 19.2. The summed E-state index contributed by atoms with van der Waals surface area (Å²) in [5, 5.41) is 0.447. The van der Waals surface area contributed by atoms with Crippen LogP contribution < -0.4 is 4.90 Å². The molecular formula is C15H17BrF3N. The van der Waals surface area contributed by atoms with Crippen molar-refractivity contribution in [3.05, 3.63) is 29.3 Å². The van der Waals surface area contributed by atoms with Gasteiger partial charge in [-0.2, -0.15) is 13.2 Å². The number of anilines is 1. The van der Waals surface area contributed by atoms with Gasteiger partial charge in [0.25, 0.3) is 0 Å². The number of alkyl halides is 4. The molecule has 2 saturated carbocycles. The third-order valence-electron chi connectivity index (χ3n) is 3.97. The van der Waals surface area contributed by atoms with E-state index in [1.165, 1.54) is 6.07 Å². The fraction of sp³-hybridized carbons (Fsp3) is 0.600. The van der Waals surface area contributed by atoms with Crippen LogP contribution >= 0.6 is 15.9 Å². The van der Waals surface area contributed by atoms with Crippen molar-refractivity contribution in [1.29, 1.82) is 0 Å². The fourth-order valence-corrected chi connectivity index (χ4v) is 2.90. The number of hydrogen-bond acceptors (Lipinski definition) is 1. The number of halogens is 4. The molecule has 2 aliphatic carbocycles. The van der Waals surface area contributed by atoms with Crippen molar-refractivity contribution < 1.29 is 13.2 Å². The number of nitrogens with zero attached hydrogens (tertiary/aromatic N) is 1. The van der Waals surface area contributed by atoms with Gasteiger partial charge in [-0.05, 0) is 49.3 Å². The first-order chi connectivity index (χ1) is 9.49. The molecule has 0 atom stereocenters. The summed E-state index contributed by atoms with van der Waals surface area (Å²) in [5.41, 5.74) is 0.557. The first-order valence-corrected chi connectivity index (χ1v) is 8.14. The Hall–Kier alpha value is -0.710. The Balaban J connectivity index is 1.96. The quantitative estimate of drug-likeness (QED) is 0.679. The Kier molecular flexibility index (Phi) is 3.73. The molecule has 2 aliphatic rings. The van der Waals surface area contributed by atoms with E-state index < -0.39 is 11.7 Å². The second-order valence-corrected chi connectivity index (χ2v) is 6.37. The first kappa shape index (κ1) is 14.2. The lowest BCUT2D eigenvalue weighted by atomic mass is 10.1. The van der Waals surface area contributed by atoms with Gasteiger partial charge in [-0.1, -0.05) is 22.0 Å². The smallest absolute Gasteiger partial charge is 0.368 e. The molecule has 5 heteroatoms. The van der Waals surface area contributed by atoms with Crippen molar-refractivity contribution in [3.63, 3.8) is 0 Å². The second kappa shape index (κ2) is 5.24. The highest BCUT2D eigenvalue weighted by molar-refractivity contribution is 9.08. The SMILES string of the molecule is FC(F)(F)c1cc(CBr)ccc1N(CC1CC1)C1CC1. The van der Waals surface area contributed by atoms with Crippen molar-refractivity contribution in [2.45, 2.75) is 43.2 Å². The van der Waals surface area contributed by atoms with E-state index in [1.807, 2.05) is 4.90 Å².